The number of benzene rings is 2. The molecule has 0 unspecified atom stereocenters. The topological polar surface area (TPSA) is 46.5 Å². The second-order valence-electron chi connectivity index (χ2n) is 7.03. The summed E-state index contributed by atoms with van der Waals surface area (Å²) < 4.78 is 19.8. The van der Waals surface area contributed by atoms with E-state index in [2.05, 4.69) is 33.8 Å². The van der Waals surface area contributed by atoms with Crippen LogP contribution in [0, 0.1) is 11.7 Å². The number of rotatable bonds is 7. The molecule has 0 saturated heterocycles. The van der Waals surface area contributed by atoms with Crippen molar-refractivity contribution in [2.24, 2.45) is 5.92 Å². The van der Waals surface area contributed by atoms with Gasteiger partial charge in [0.2, 0.25) is 0 Å². The van der Waals surface area contributed by atoms with Crippen LogP contribution in [0.3, 0.4) is 0 Å². The molecular weight excluding hydrogens is 319 g/mol. The van der Waals surface area contributed by atoms with Crippen molar-refractivity contribution in [3.63, 3.8) is 0 Å². The average Bonchev–Trinajstić information content (AvgIpc) is 2.53. The van der Waals surface area contributed by atoms with Crippen molar-refractivity contribution in [2.45, 2.75) is 40.0 Å². The molecule has 0 aliphatic heterocycles. The lowest BCUT2D eigenvalue weighted by molar-refractivity contribution is 0.0692. The fourth-order valence-corrected chi connectivity index (χ4v) is 2.62. The summed E-state index contributed by atoms with van der Waals surface area (Å²) in [6, 6.07) is 10.3. The Kier molecular flexibility index (Phi) is 6.18. The molecule has 0 fully saturated rings. The van der Waals surface area contributed by atoms with E-state index in [1.807, 2.05) is 12.1 Å². The molecule has 0 aliphatic carbocycles. The summed E-state index contributed by atoms with van der Waals surface area (Å²) in [4.78, 5) is 10.9. The van der Waals surface area contributed by atoms with Crippen LogP contribution in [0.4, 0.5) is 4.39 Å². The van der Waals surface area contributed by atoms with Crippen LogP contribution in [-0.4, -0.2) is 17.7 Å². The van der Waals surface area contributed by atoms with Gasteiger partial charge >= 0.3 is 5.97 Å². The summed E-state index contributed by atoms with van der Waals surface area (Å²) in [5.41, 5.74) is 2.61. The quantitative estimate of drug-likeness (QED) is 0.744. The van der Waals surface area contributed by atoms with Gasteiger partial charge in [0, 0.05) is 0 Å². The monoisotopic (exact) mass is 344 g/mol. The van der Waals surface area contributed by atoms with Crippen LogP contribution in [0.5, 0.6) is 5.75 Å². The van der Waals surface area contributed by atoms with Gasteiger partial charge in [0.15, 0.2) is 0 Å². The molecule has 0 atom stereocenters. The Balaban J connectivity index is 2.24. The van der Waals surface area contributed by atoms with E-state index >= 15 is 0 Å². The minimum absolute atomic E-state index is 0.302. The van der Waals surface area contributed by atoms with E-state index in [0.29, 0.717) is 24.9 Å². The van der Waals surface area contributed by atoms with Crippen molar-refractivity contribution in [2.75, 3.05) is 6.61 Å². The van der Waals surface area contributed by atoms with Gasteiger partial charge in [0.25, 0.3) is 0 Å². The smallest absolute Gasteiger partial charge is 0.338 e. The van der Waals surface area contributed by atoms with E-state index in [0.717, 1.165) is 22.4 Å². The zero-order chi connectivity index (χ0) is 18.6. The van der Waals surface area contributed by atoms with Crippen LogP contribution >= 0.6 is 0 Å². The van der Waals surface area contributed by atoms with Crippen LogP contribution in [0.15, 0.2) is 36.4 Å². The van der Waals surface area contributed by atoms with Gasteiger partial charge < -0.3 is 9.84 Å². The maximum Gasteiger partial charge on any atom is 0.338 e. The maximum absolute atomic E-state index is 13.9. The second-order valence-corrected chi connectivity index (χ2v) is 7.03. The number of carbonyl (C=O) groups is 1. The first kappa shape index (κ1) is 19.0. The van der Waals surface area contributed by atoms with Gasteiger partial charge in [0.1, 0.15) is 11.6 Å². The number of carboxylic acid groups (broad SMARTS) is 1. The Labute approximate surface area is 148 Å². The average molecular weight is 344 g/mol. The fraction of sp³-hybridized carbons (Fsp3) is 0.381. The minimum atomic E-state index is -1.25. The number of carboxylic acids is 1. The van der Waals surface area contributed by atoms with Gasteiger partial charge in [-0.15, -0.1) is 0 Å². The van der Waals surface area contributed by atoms with Crippen LogP contribution in [0.2, 0.25) is 0 Å². The van der Waals surface area contributed by atoms with E-state index < -0.39 is 11.8 Å². The van der Waals surface area contributed by atoms with Crippen molar-refractivity contribution >= 4 is 5.97 Å². The lowest BCUT2D eigenvalue weighted by Gasteiger charge is -2.17. The Morgan fingerprint density at radius 1 is 1.08 bits per heavy atom. The third-order valence-corrected chi connectivity index (χ3v) is 3.94. The van der Waals surface area contributed by atoms with Gasteiger partial charge in [-0.25, -0.2) is 9.18 Å². The summed E-state index contributed by atoms with van der Waals surface area (Å²) in [5, 5.41) is 8.91. The van der Waals surface area contributed by atoms with Crippen LogP contribution in [-0.2, 0) is 6.42 Å². The second kappa shape index (κ2) is 8.15. The third kappa shape index (κ3) is 5.05. The highest BCUT2D eigenvalue weighted by Gasteiger charge is 2.13. The van der Waals surface area contributed by atoms with Crippen LogP contribution in [0.1, 0.15) is 60.7 Å². The molecule has 2 rings (SSSR count). The molecule has 0 aliphatic rings. The third-order valence-electron chi connectivity index (χ3n) is 3.94. The Morgan fingerprint density at radius 3 is 2.28 bits per heavy atom. The number of hydrogen-bond donors (Lipinski definition) is 1. The molecule has 1 N–H and O–H groups in total. The number of aromatic carboxylic acids is 1. The van der Waals surface area contributed by atoms with Gasteiger partial charge in [-0.05, 0) is 53.1 Å². The highest BCUT2D eigenvalue weighted by atomic mass is 19.1. The van der Waals surface area contributed by atoms with Crippen molar-refractivity contribution in [1.29, 1.82) is 0 Å². The number of halogens is 1. The maximum atomic E-state index is 13.9. The van der Waals surface area contributed by atoms with Gasteiger partial charge in [0.05, 0.1) is 12.2 Å². The summed E-state index contributed by atoms with van der Waals surface area (Å²) >= 11 is 0. The standard InChI is InChI=1S/C21H25FO3/c1-13(2)12-25-20-8-6-15(10-18(20)14(3)4)9-16-5-7-17(21(23)24)19(22)11-16/h5-8,10-11,13-14H,9,12H2,1-4H3,(H,23,24). The minimum Gasteiger partial charge on any atom is -0.493 e. The molecule has 0 saturated carbocycles. The molecule has 134 valence electrons. The Hall–Kier alpha value is -2.36. The zero-order valence-electron chi connectivity index (χ0n) is 15.2. The molecular formula is C21H25FO3. The van der Waals surface area contributed by atoms with Crippen molar-refractivity contribution in [1.82, 2.24) is 0 Å². The lowest BCUT2D eigenvalue weighted by atomic mass is 9.96. The molecule has 2 aromatic carbocycles. The molecule has 0 spiro atoms. The van der Waals surface area contributed by atoms with E-state index in [1.54, 1.807) is 6.07 Å². The summed E-state index contributed by atoms with van der Waals surface area (Å²) in [6.45, 7) is 9.11. The zero-order valence-corrected chi connectivity index (χ0v) is 15.2. The molecule has 0 heterocycles. The molecule has 0 aromatic heterocycles. The van der Waals surface area contributed by atoms with E-state index in [1.165, 1.54) is 12.1 Å². The normalized spacial score (nSPS) is 11.2. The number of ether oxygens (including phenoxy) is 1. The Bertz CT molecular complexity index is 751. The molecule has 0 radical (unpaired) electrons. The van der Waals surface area contributed by atoms with Crippen molar-refractivity contribution in [3.05, 3.63) is 64.5 Å². The molecule has 25 heavy (non-hydrogen) atoms. The molecule has 0 bridgehead atoms. The highest BCUT2D eigenvalue weighted by molar-refractivity contribution is 5.87. The van der Waals surface area contributed by atoms with E-state index in [9.17, 15) is 9.18 Å². The van der Waals surface area contributed by atoms with Crippen LogP contribution in [0.25, 0.3) is 0 Å². The molecule has 2 aromatic rings. The Morgan fingerprint density at radius 2 is 1.72 bits per heavy atom. The van der Waals surface area contributed by atoms with E-state index in [4.69, 9.17) is 9.84 Å². The molecule has 0 amide bonds. The van der Waals surface area contributed by atoms with Crippen LogP contribution < -0.4 is 4.74 Å². The first-order valence-electron chi connectivity index (χ1n) is 8.55. The van der Waals surface area contributed by atoms with Gasteiger partial charge in [-0.2, -0.15) is 0 Å². The van der Waals surface area contributed by atoms with E-state index in [-0.39, 0.29) is 5.56 Å². The fourth-order valence-electron chi connectivity index (χ4n) is 2.62. The van der Waals surface area contributed by atoms with Crippen molar-refractivity contribution < 1.29 is 19.0 Å². The molecule has 3 nitrogen and oxygen atoms in total. The number of hydrogen-bond acceptors (Lipinski definition) is 2. The first-order chi connectivity index (χ1) is 11.8. The lowest BCUT2D eigenvalue weighted by Crippen LogP contribution is -2.07. The predicted molar refractivity (Wildman–Crippen MR) is 97.0 cm³/mol. The van der Waals surface area contributed by atoms with Gasteiger partial charge in [-0.3, -0.25) is 0 Å². The SMILES string of the molecule is CC(C)COc1ccc(Cc2ccc(C(=O)O)c(F)c2)cc1C(C)C. The summed E-state index contributed by atoms with van der Waals surface area (Å²) in [5.74, 6) is -0.299. The van der Waals surface area contributed by atoms with Crippen molar-refractivity contribution in [3.8, 4) is 5.75 Å². The molecule has 4 heteroatoms. The first-order valence-corrected chi connectivity index (χ1v) is 8.55. The summed E-state index contributed by atoms with van der Waals surface area (Å²) in [7, 11) is 0. The highest BCUT2D eigenvalue weighted by Crippen LogP contribution is 2.29. The van der Waals surface area contributed by atoms with Gasteiger partial charge in [-0.1, -0.05) is 45.9 Å². The summed E-state index contributed by atoms with van der Waals surface area (Å²) in [6.07, 6.45) is 0.543. The largest absolute Gasteiger partial charge is 0.493 e. The predicted octanol–water partition coefficient (Wildman–Crippen LogP) is 5.27.